The number of furan rings is 1. The molecular formula is C14H17IN2O3S. The number of rotatable bonds is 6. The standard InChI is InChI=1S/C14H17IN2O3S/c1-10(2)16-9-13-6-7-14(20-13)21(18,19)17-12-5-3-4-11(15)8-12/h3-8,10,16-17H,9H2,1-2H3. The van der Waals surface area contributed by atoms with Crippen molar-refractivity contribution in [1.29, 1.82) is 0 Å². The predicted molar refractivity (Wildman–Crippen MR) is 90.7 cm³/mol. The topological polar surface area (TPSA) is 71.3 Å². The molecule has 0 aliphatic rings. The third-order valence-electron chi connectivity index (χ3n) is 2.66. The van der Waals surface area contributed by atoms with Crippen LogP contribution in [0.15, 0.2) is 45.9 Å². The molecule has 0 unspecified atom stereocenters. The Morgan fingerprint density at radius 2 is 2.00 bits per heavy atom. The van der Waals surface area contributed by atoms with E-state index in [1.165, 1.54) is 6.07 Å². The summed E-state index contributed by atoms with van der Waals surface area (Å²) in [5.41, 5.74) is 0.514. The molecule has 0 fully saturated rings. The zero-order chi connectivity index (χ0) is 15.5. The van der Waals surface area contributed by atoms with E-state index in [2.05, 4.69) is 32.6 Å². The van der Waals surface area contributed by atoms with Gasteiger partial charge in [0.1, 0.15) is 5.76 Å². The zero-order valence-corrected chi connectivity index (χ0v) is 14.7. The van der Waals surface area contributed by atoms with E-state index in [-0.39, 0.29) is 5.09 Å². The van der Waals surface area contributed by atoms with Gasteiger partial charge in [0.25, 0.3) is 10.0 Å². The molecule has 0 atom stereocenters. The summed E-state index contributed by atoms with van der Waals surface area (Å²) in [5, 5.41) is 3.09. The van der Waals surface area contributed by atoms with Gasteiger partial charge in [0.15, 0.2) is 0 Å². The maximum atomic E-state index is 12.2. The fraction of sp³-hybridized carbons (Fsp3) is 0.286. The quantitative estimate of drug-likeness (QED) is 0.705. The summed E-state index contributed by atoms with van der Waals surface area (Å²) < 4.78 is 33.3. The molecule has 0 amide bonds. The number of sulfonamides is 1. The fourth-order valence-electron chi connectivity index (χ4n) is 1.66. The van der Waals surface area contributed by atoms with Crippen LogP contribution in [-0.2, 0) is 16.6 Å². The van der Waals surface area contributed by atoms with Gasteiger partial charge in [0, 0.05) is 15.3 Å². The summed E-state index contributed by atoms with van der Waals surface area (Å²) in [4.78, 5) is 0. The van der Waals surface area contributed by atoms with Crippen LogP contribution in [-0.4, -0.2) is 14.5 Å². The lowest BCUT2D eigenvalue weighted by Crippen LogP contribution is -2.21. The lowest BCUT2D eigenvalue weighted by atomic mass is 10.3. The molecule has 0 bridgehead atoms. The van der Waals surface area contributed by atoms with Crippen LogP contribution in [0.5, 0.6) is 0 Å². The number of nitrogens with one attached hydrogen (secondary N) is 2. The summed E-state index contributed by atoms with van der Waals surface area (Å²) in [5.74, 6) is 0.590. The Labute approximate surface area is 138 Å². The minimum absolute atomic E-state index is 0.0816. The van der Waals surface area contributed by atoms with Crippen LogP contribution in [0.3, 0.4) is 0 Å². The molecule has 0 saturated carbocycles. The van der Waals surface area contributed by atoms with Crippen molar-refractivity contribution < 1.29 is 12.8 Å². The first-order chi connectivity index (χ1) is 9.87. The monoisotopic (exact) mass is 420 g/mol. The molecule has 0 spiro atoms. The van der Waals surface area contributed by atoms with Gasteiger partial charge in [0.05, 0.1) is 6.54 Å². The SMILES string of the molecule is CC(C)NCc1ccc(S(=O)(=O)Nc2cccc(I)c2)o1. The van der Waals surface area contributed by atoms with Gasteiger partial charge in [-0.25, -0.2) is 0 Å². The van der Waals surface area contributed by atoms with Crippen LogP contribution >= 0.6 is 22.6 Å². The average molecular weight is 420 g/mol. The molecule has 1 aromatic heterocycles. The third-order valence-corrected chi connectivity index (χ3v) is 4.59. The van der Waals surface area contributed by atoms with E-state index in [9.17, 15) is 8.42 Å². The molecule has 0 aliphatic carbocycles. The number of hydrogen-bond acceptors (Lipinski definition) is 4. The predicted octanol–water partition coefficient (Wildman–Crippen LogP) is 3.18. The van der Waals surface area contributed by atoms with Gasteiger partial charge in [-0.3, -0.25) is 4.72 Å². The van der Waals surface area contributed by atoms with Crippen LogP contribution in [0.1, 0.15) is 19.6 Å². The maximum Gasteiger partial charge on any atom is 0.295 e. The molecule has 1 aromatic carbocycles. The van der Waals surface area contributed by atoms with E-state index in [4.69, 9.17) is 4.42 Å². The summed E-state index contributed by atoms with van der Waals surface area (Å²) in [6.07, 6.45) is 0. The van der Waals surface area contributed by atoms with Gasteiger partial charge < -0.3 is 9.73 Å². The van der Waals surface area contributed by atoms with Crippen molar-refractivity contribution in [3.63, 3.8) is 0 Å². The van der Waals surface area contributed by atoms with E-state index >= 15 is 0 Å². The molecule has 0 saturated heterocycles. The second kappa shape index (κ2) is 6.80. The van der Waals surface area contributed by atoms with E-state index in [1.807, 2.05) is 19.9 Å². The number of anilines is 1. The molecule has 5 nitrogen and oxygen atoms in total. The van der Waals surface area contributed by atoms with E-state index in [0.717, 1.165) is 3.57 Å². The molecule has 2 N–H and O–H groups in total. The summed E-state index contributed by atoms with van der Waals surface area (Å²) in [6, 6.07) is 10.6. The molecule has 114 valence electrons. The largest absolute Gasteiger partial charge is 0.446 e. The zero-order valence-electron chi connectivity index (χ0n) is 11.8. The molecule has 0 radical (unpaired) electrons. The van der Waals surface area contributed by atoms with Gasteiger partial charge in [-0.15, -0.1) is 0 Å². The van der Waals surface area contributed by atoms with Crippen LogP contribution in [0.4, 0.5) is 5.69 Å². The minimum atomic E-state index is -3.70. The van der Waals surface area contributed by atoms with Crippen LogP contribution in [0.25, 0.3) is 0 Å². The van der Waals surface area contributed by atoms with Crippen molar-refractivity contribution in [3.05, 3.63) is 45.7 Å². The molecule has 7 heteroatoms. The number of benzene rings is 1. The molecule has 2 aromatic rings. The van der Waals surface area contributed by atoms with Gasteiger partial charge in [0.2, 0.25) is 5.09 Å². The Morgan fingerprint density at radius 3 is 2.67 bits per heavy atom. The second-order valence-electron chi connectivity index (χ2n) is 4.87. The third kappa shape index (κ3) is 4.72. The van der Waals surface area contributed by atoms with E-state index < -0.39 is 10.0 Å². The first kappa shape index (κ1) is 16.3. The highest BCUT2D eigenvalue weighted by molar-refractivity contribution is 14.1. The fourth-order valence-corrected chi connectivity index (χ4v) is 3.20. The highest BCUT2D eigenvalue weighted by atomic mass is 127. The van der Waals surface area contributed by atoms with Crippen molar-refractivity contribution in [2.45, 2.75) is 31.5 Å². The molecule has 1 heterocycles. The Hall–Kier alpha value is -1.06. The van der Waals surface area contributed by atoms with Gasteiger partial charge in [-0.2, -0.15) is 8.42 Å². The summed E-state index contributed by atoms with van der Waals surface area (Å²) in [7, 11) is -3.70. The highest BCUT2D eigenvalue weighted by Crippen LogP contribution is 2.20. The van der Waals surface area contributed by atoms with Crippen molar-refractivity contribution in [2.75, 3.05) is 4.72 Å². The lowest BCUT2D eigenvalue weighted by Gasteiger charge is -2.07. The summed E-state index contributed by atoms with van der Waals surface area (Å²) >= 11 is 2.13. The van der Waals surface area contributed by atoms with Crippen LogP contribution < -0.4 is 10.0 Å². The first-order valence-corrected chi connectivity index (χ1v) is 9.03. The molecule has 2 rings (SSSR count). The van der Waals surface area contributed by atoms with Crippen molar-refractivity contribution in [1.82, 2.24) is 5.32 Å². The molecule has 21 heavy (non-hydrogen) atoms. The van der Waals surface area contributed by atoms with Crippen molar-refractivity contribution >= 4 is 38.3 Å². The van der Waals surface area contributed by atoms with Crippen molar-refractivity contribution in [3.8, 4) is 0 Å². The van der Waals surface area contributed by atoms with Crippen molar-refractivity contribution in [2.24, 2.45) is 0 Å². The van der Waals surface area contributed by atoms with Crippen LogP contribution in [0, 0.1) is 3.57 Å². The lowest BCUT2D eigenvalue weighted by molar-refractivity contribution is 0.396. The Morgan fingerprint density at radius 1 is 1.24 bits per heavy atom. The Kier molecular flexibility index (Phi) is 5.28. The molecule has 0 aliphatic heterocycles. The minimum Gasteiger partial charge on any atom is -0.446 e. The molecular weight excluding hydrogens is 403 g/mol. The summed E-state index contributed by atoms with van der Waals surface area (Å²) in [6.45, 7) is 4.52. The average Bonchev–Trinajstić information content (AvgIpc) is 2.85. The smallest absolute Gasteiger partial charge is 0.295 e. The van der Waals surface area contributed by atoms with E-state index in [0.29, 0.717) is 24.0 Å². The van der Waals surface area contributed by atoms with Gasteiger partial charge in [-0.05, 0) is 52.9 Å². The van der Waals surface area contributed by atoms with Gasteiger partial charge in [-0.1, -0.05) is 19.9 Å². The highest BCUT2D eigenvalue weighted by Gasteiger charge is 2.19. The Balaban J connectivity index is 2.12. The maximum absolute atomic E-state index is 12.2. The van der Waals surface area contributed by atoms with Crippen LogP contribution in [0.2, 0.25) is 0 Å². The number of hydrogen-bond donors (Lipinski definition) is 2. The van der Waals surface area contributed by atoms with E-state index in [1.54, 1.807) is 24.3 Å². The Bertz CT molecular complexity index is 711. The normalized spacial score (nSPS) is 11.8. The van der Waals surface area contributed by atoms with Gasteiger partial charge >= 0.3 is 0 Å². The second-order valence-corrected chi connectivity index (χ2v) is 7.73. The first-order valence-electron chi connectivity index (χ1n) is 6.47. The number of halogens is 1.